The molecule has 1 aliphatic heterocycles. The first-order valence-corrected chi connectivity index (χ1v) is 12.4. The van der Waals surface area contributed by atoms with Gasteiger partial charge >= 0.3 is 0 Å². The van der Waals surface area contributed by atoms with E-state index in [1.54, 1.807) is 27.4 Å². The normalized spacial score (nSPS) is 14.9. The minimum atomic E-state index is -0.314. The van der Waals surface area contributed by atoms with Crippen molar-refractivity contribution in [2.75, 3.05) is 41.0 Å². The van der Waals surface area contributed by atoms with Crippen molar-refractivity contribution in [1.82, 2.24) is 9.91 Å². The average Bonchev–Trinajstić information content (AvgIpc) is 3.62. The average molecular weight is 508 g/mol. The minimum Gasteiger partial charge on any atom is -0.497 e. The van der Waals surface area contributed by atoms with Crippen LogP contribution in [0.4, 0.5) is 0 Å². The molecule has 36 heavy (non-hydrogen) atoms. The second-order valence-electron chi connectivity index (χ2n) is 8.21. The van der Waals surface area contributed by atoms with E-state index in [9.17, 15) is 9.59 Å². The Morgan fingerprint density at radius 3 is 2.47 bits per heavy atom. The lowest BCUT2D eigenvalue weighted by atomic mass is 9.98. The Morgan fingerprint density at radius 2 is 1.81 bits per heavy atom. The fourth-order valence-electron chi connectivity index (χ4n) is 4.05. The fourth-order valence-corrected chi connectivity index (χ4v) is 4.74. The molecule has 1 atom stereocenters. The summed E-state index contributed by atoms with van der Waals surface area (Å²) >= 11 is 1.35. The zero-order valence-electron chi connectivity index (χ0n) is 20.5. The second kappa shape index (κ2) is 11.8. The van der Waals surface area contributed by atoms with E-state index in [0.29, 0.717) is 30.2 Å². The summed E-state index contributed by atoms with van der Waals surface area (Å²) in [7, 11) is 4.80. The largest absolute Gasteiger partial charge is 0.497 e. The topological polar surface area (TPSA) is 80.7 Å². The van der Waals surface area contributed by atoms with Crippen molar-refractivity contribution in [3.05, 3.63) is 82.0 Å². The van der Waals surface area contributed by atoms with Gasteiger partial charge in [0.05, 0.1) is 37.5 Å². The summed E-state index contributed by atoms with van der Waals surface area (Å²) in [5.41, 5.74) is 2.59. The van der Waals surface area contributed by atoms with Crippen molar-refractivity contribution in [3.8, 4) is 11.5 Å². The van der Waals surface area contributed by atoms with Gasteiger partial charge < -0.3 is 19.1 Å². The highest BCUT2D eigenvalue weighted by Gasteiger charge is 2.34. The molecule has 1 aromatic heterocycles. The van der Waals surface area contributed by atoms with Crippen molar-refractivity contribution in [1.29, 1.82) is 0 Å². The smallest absolute Gasteiger partial charge is 0.264 e. The predicted octanol–water partition coefficient (Wildman–Crippen LogP) is 4.23. The first-order chi connectivity index (χ1) is 17.5. The number of hydrogen-bond acceptors (Lipinski definition) is 7. The number of benzene rings is 2. The molecule has 9 heteroatoms. The molecule has 1 aliphatic rings. The van der Waals surface area contributed by atoms with Crippen LogP contribution in [0.15, 0.2) is 71.1 Å². The van der Waals surface area contributed by atoms with Gasteiger partial charge in [0.1, 0.15) is 18.0 Å². The lowest BCUT2D eigenvalue weighted by Gasteiger charge is -2.26. The van der Waals surface area contributed by atoms with E-state index >= 15 is 0 Å². The van der Waals surface area contributed by atoms with Crippen molar-refractivity contribution >= 4 is 28.9 Å². The quantitative estimate of drug-likeness (QED) is 0.410. The number of nitrogens with zero attached hydrogens (tertiary/aromatic N) is 3. The van der Waals surface area contributed by atoms with Crippen molar-refractivity contribution in [2.45, 2.75) is 12.5 Å². The molecule has 2 aromatic carbocycles. The van der Waals surface area contributed by atoms with Crippen molar-refractivity contribution < 1.29 is 23.8 Å². The van der Waals surface area contributed by atoms with Crippen LogP contribution in [0, 0.1) is 0 Å². The SMILES string of the molecule is COCCN(CC(=O)N1N=C(c2cccc(OC)c2)CC1c1ccc(OC)cc1)C(=O)c1cccs1. The van der Waals surface area contributed by atoms with E-state index in [-0.39, 0.29) is 24.4 Å². The molecule has 0 bridgehead atoms. The molecule has 0 spiro atoms. The molecule has 0 radical (unpaired) electrons. The maximum atomic E-state index is 13.6. The maximum absolute atomic E-state index is 13.6. The summed E-state index contributed by atoms with van der Waals surface area (Å²) in [6.45, 7) is 0.513. The van der Waals surface area contributed by atoms with Gasteiger partial charge in [-0.05, 0) is 41.3 Å². The molecule has 4 rings (SSSR count). The molecule has 0 fully saturated rings. The fraction of sp³-hybridized carbons (Fsp3) is 0.296. The molecule has 2 heterocycles. The van der Waals surface area contributed by atoms with E-state index in [1.807, 2.05) is 60.0 Å². The number of rotatable bonds is 10. The summed E-state index contributed by atoms with van der Waals surface area (Å²) in [5.74, 6) is 0.978. The van der Waals surface area contributed by atoms with E-state index in [0.717, 1.165) is 22.6 Å². The van der Waals surface area contributed by atoms with Gasteiger partial charge in [0.2, 0.25) is 0 Å². The number of carbonyl (C=O) groups excluding carboxylic acids is 2. The van der Waals surface area contributed by atoms with Gasteiger partial charge in [-0.2, -0.15) is 5.10 Å². The highest BCUT2D eigenvalue weighted by Crippen LogP contribution is 2.34. The minimum absolute atomic E-state index is 0.109. The number of methoxy groups -OCH3 is 3. The van der Waals surface area contributed by atoms with Crippen LogP contribution in [-0.2, 0) is 9.53 Å². The molecule has 3 aromatic rings. The maximum Gasteiger partial charge on any atom is 0.264 e. The van der Waals surface area contributed by atoms with Gasteiger partial charge in [-0.15, -0.1) is 11.3 Å². The van der Waals surface area contributed by atoms with Gasteiger partial charge in [0, 0.05) is 25.6 Å². The Bertz CT molecular complexity index is 1210. The summed E-state index contributed by atoms with van der Waals surface area (Å²) in [6.07, 6.45) is 0.530. The lowest BCUT2D eigenvalue weighted by Crippen LogP contribution is -2.42. The summed E-state index contributed by atoms with van der Waals surface area (Å²) < 4.78 is 15.9. The molecule has 8 nitrogen and oxygen atoms in total. The molecule has 0 N–H and O–H groups in total. The first-order valence-electron chi connectivity index (χ1n) is 11.5. The molecule has 188 valence electrons. The summed E-state index contributed by atoms with van der Waals surface area (Å²) in [5, 5.41) is 8.08. The highest BCUT2D eigenvalue weighted by molar-refractivity contribution is 7.12. The van der Waals surface area contributed by atoms with Crippen molar-refractivity contribution in [2.24, 2.45) is 5.10 Å². The van der Waals surface area contributed by atoms with Crippen LogP contribution in [0.3, 0.4) is 0 Å². The zero-order valence-corrected chi connectivity index (χ0v) is 21.4. The Kier molecular flexibility index (Phi) is 8.35. The number of amides is 2. The number of hydrogen-bond donors (Lipinski definition) is 0. The van der Waals surface area contributed by atoms with Crippen LogP contribution in [0.2, 0.25) is 0 Å². The van der Waals surface area contributed by atoms with Crippen LogP contribution >= 0.6 is 11.3 Å². The van der Waals surface area contributed by atoms with Crippen LogP contribution in [0.5, 0.6) is 11.5 Å². The van der Waals surface area contributed by atoms with Crippen LogP contribution in [0.25, 0.3) is 0 Å². The number of hydrazone groups is 1. The molecular formula is C27H29N3O5S. The Balaban J connectivity index is 1.63. The Hall–Kier alpha value is -3.69. The van der Waals surface area contributed by atoms with Crippen LogP contribution < -0.4 is 9.47 Å². The van der Waals surface area contributed by atoms with E-state index < -0.39 is 0 Å². The standard InChI is InChI=1S/C27H29N3O5S/c1-33-14-13-29(27(32)25-8-5-15-36-25)18-26(31)30-24(19-9-11-21(34-2)12-10-19)17-23(28-30)20-6-4-7-22(16-20)35-3/h4-12,15-16,24H,13-14,17-18H2,1-3H3. The highest BCUT2D eigenvalue weighted by atomic mass is 32.1. The third kappa shape index (κ3) is 5.75. The molecule has 1 unspecified atom stereocenters. The Morgan fingerprint density at radius 1 is 1.03 bits per heavy atom. The van der Waals surface area contributed by atoms with Gasteiger partial charge in [-0.1, -0.05) is 30.3 Å². The third-order valence-corrected chi connectivity index (χ3v) is 6.84. The van der Waals surface area contributed by atoms with E-state index in [1.165, 1.54) is 21.2 Å². The zero-order chi connectivity index (χ0) is 25.5. The molecule has 0 aliphatic carbocycles. The second-order valence-corrected chi connectivity index (χ2v) is 9.15. The molecule has 0 saturated carbocycles. The first kappa shape index (κ1) is 25.4. The van der Waals surface area contributed by atoms with E-state index in [2.05, 4.69) is 0 Å². The van der Waals surface area contributed by atoms with Crippen LogP contribution in [0.1, 0.15) is 33.3 Å². The molecule has 0 saturated heterocycles. The molecule has 2 amide bonds. The summed E-state index contributed by atoms with van der Waals surface area (Å²) in [4.78, 5) is 28.8. The number of ether oxygens (including phenoxy) is 3. The third-order valence-electron chi connectivity index (χ3n) is 5.98. The number of thiophene rings is 1. The van der Waals surface area contributed by atoms with Crippen molar-refractivity contribution in [3.63, 3.8) is 0 Å². The monoisotopic (exact) mass is 507 g/mol. The van der Waals surface area contributed by atoms with Gasteiger partial charge in [0.15, 0.2) is 0 Å². The van der Waals surface area contributed by atoms with Gasteiger partial charge in [0.25, 0.3) is 11.8 Å². The van der Waals surface area contributed by atoms with Gasteiger partial charge in [-0.25, -0.2) is 5.01 Å². The van der Waals surface area contributed by atoms with E-state index in [4.69, 9.17) is 19.3 Å². The molecular weight excluding hydrogens is 478 g/mol. The predicted molar refractivity (Wildman–Crippen MR) is 139 cm³/mol. The Labute approximate surface area is 214 Å². The summed E-state index contributed by atoms with van der Waals surface area (Å²) in [6, 6.07) is 18.5. The van der Waals surface area contributed by atoms with Gasteiger partial charge in [-0.3, -0.25) is 9.59 Å². The lowest BCUT2D eigenvalue weighted by molar-refractivity contribution is -0.133. The number of carbonyl (C=O) groups is 2. The van der Waals surface area contributed by atoms with Crippen LogP contribution in [-0.4, -0.2) is 68.5 Å².